The Kier molecular flexibility index (Phi) is 4.90. The molecule has 3 nitrogen and oxygen atoms in total. The van der Waals surface area contributed by atoms with Crippen molar-refractivity contribution < 1.29 is 0 Å². The lowest BCUT2D eigenvalue weighted by Gasteiger charge is -2.06. The van der Waals surface area contributed by atoms with Crippen LogP contribution in [-0.2, 0) is 6.54 Å². The largest absolute Gasteiger partial charge is 0.348 e. The van der Waals surface area contributed by atoms with E-state index in [9.17, 15) is 4.79 Å². The van der Waals surface area contributed by atoms with E-state index in [-0.39, 0.29) is 5.69 Å². The van der Waals surface area contributed by atoms with Gasteiger partial charge in [0.05, 0.1) is 5.69 Å². The maximum absolute atomic E-state index is 11.9. The number of aromatic nitrogens is 2. The van der Waals surface area contributed by atoms with Crippen molar-refractivity contribution in [2.75, 3.05) is 0 Å². The Morgan fingerprint density at radius 2 is 1.84 bits per heavy atom. The summed E-state index contributed by atoms with van der Waals surface area (Å²) in [6, 6.07) is 11.7. The molecule has 1 aromatic heterocycles. The van der Waals surface area contributed by atoms with Gasteiger partial charge in [-0.05, 0) is 12.5 Å². The lowest BCUT2D eigenvalue weighted by molar-refractivity contribution is 0.562. The second-order valence-corrected chi connectivity index (χ2v) is 4.72. The molecular formula is C16H20N2O. The average molecular weight is 256 g/mol. The molecule has 0 aliphatic heterocycles. The molecule has 100 valence electrons. The van der Waals surface area contributed by atoms with Gasteiger partial charge in [-0.2, -0.15) is 4.98 Å². The number of benzene rings is 1. The fraction of sp³-hybridized carbons (Fsp3) is 0.375. The molecule has 0 saturated heterocycles. The molecule has 0 radical (unpaired) electrons. The Morgan fingerprint density at radius 3 is 2.53 bits per heavy atom. The summed E-state index contributed by atoms with van der Waals surface area (Å²) in [7, 11) is 0. The fourth-order valence-electron chi connectivity index (χ4n) is 2.08. The van der Waals surface area contributed by atoms with Crippen LogP contribution in [0.3, 0.4) is 0 Å². The Balaban J connectivity index is 2.07. The van der Waals surface area contributed by atoms with E-state index in [1.807, 2.05) is 42.6 Å². The van der Waals surface area contributed by atoms with Crippen LogP contribution in [0, 0.1) is 0 Å². The van der Waals surface area contributed by atoms with E-state index in [0.717, 1.165) is 24.2 Å². The summed E-state index contributed by atoms with van der Waals surface area (Å²) in [4.78, 5) is 16.1. The highest BCUT2D eigenvalue weighted by Gasteiger charge is 2.02. The maximum Gasteiger partial charge on any atom is 0.348 e. The third-order valence-corrected chi connectivity index (χ3v) is 3.20. The summed E-state index contributed by atoms with van der Waals surface area (Å²) in [6.45, 7) is 2.95. The molecule has 1 heterocycles. The van der Waals surface area contributed by atoms with Gasteiger partial charge in [0.2, 0.25) is 0 Å². The van der Waals surface area contributed by atoms with Gasteiger partial charge in [0.15, 0.2) is 0 Å². The fourth-order valence-corrected chi connectivity index (χ4v) is 2.08. The quantitative estimate of drug-likeness (QED) is 0.741. The van der Waals surface area contributed by atoms with E-state index in [2.05, 4.69) is 11.9 Å². The molecule has 0 amide bonds. The molecule has 0 fully saturated rings. The molecule has 0 saturated carbocycles. The minimum atomic E-state index is -0.155. The SMILES string of the molecule is CCCCCCn1ccc(-c2ccccc2)nc1=O. The van der Waals surface area contributed by atoms with E-state index in [1.165, 1.54) is 19.3 Å². The molecule has 0 aliphatic carbocycles. The highest BCUT2D eigenvalue weighted by molar-refractivity contribution is 5.57. The minimum absolute atomic E-state index is 0.155. The van der Waals surface area contributed by atoms with E-state index < -0.39 is 0 Å². The van der Waals surface area contributed by atoms with Gasteiger partial charge in [-0.3, -0.25) is 4.57 Å². The number of nitrogens with zero attached hydrogens (tertiary/aromatic N) is 2. The summed E-state index contributed by atoms with van der Waals surface area (Å²) in [5.74, 6) is 0. The van der Waals surface area contributed by atoms with Crippen molar-refractivity contribution in [3.8, 4) is 11.3 Å². The average Bonchev–Trinajstić information content (AvgIpc) is 2.46. The molecule has 0 spiro atoms. The lowest BCUT2D eigenvalue weighted by atomic mass is 10.1. The van der Waals surface area contributed by atoms with Crippen LogP contribution in [0.2, 0.25) is 0 Å². The van der Waals surface area contributed by atoms with Gasteiger partial charge < -0.3 is 0 Å². The van der Waals surface area contributed by atoms with Crippen LogP contribution in [0.4, 0.5) is 0 Å². The zero-order valence-electron chi connectivity index (χ0n) is 11.4. The minimum Gasteiger partial charge on any atom is -0.299 e. The molecule has 2 rings (SSSR count). The molecular weight excluding hydrogens is 236 g/mol. The second kappa shape index (κ2) is 6.88. The Hall–Kier alpha value is -1.90. The second-order valence-electron chi connectivity index (χ2n) is 4.72. The molecule has 19 heavy (non-hydrogen) atoms. The van der Waals surface area contributed by atoms with Gasteiger partial charge in [-0.1, -0.05) is 56.5 Å². The van der Waals surface area contributed by atoms with Crippen LogP contribution in [-0.4, -0.2) is 9.55 Å². The van der Waals surface area contributed by atoms with Gasteiger partial charge in [0.25, 0.3) is 0 Å². The summed E-state index contributed by atoms with van der Waals surface area (Å²) >= 11 is 0. The van der Waals surface area contributed by atoms with Gasteiger partial charge >= 0.3 is 5.69 Å². The van der Waals surface area contributed by atoms with Gasteiger partial charge in [0.1, 0.15) is 0 Å². The van der Waals surface area contributed by atoms with Crippen LogP contribution < -0.4 is 5.69 Å². The van der Waals surface area contributed by atoms with Crippen molar-refractivity contribution in [2.45, 2.75) is 39.2 Å². The molecule has 0 bridgehead atoms. The topological polar surface area (TPSA) is 34.9 Å². The van der Waals surface area contributed by atoms with Crippen molar-refractivity contribution in [2.24, 2.45) is 0 Å². The van der Waals surface area contributed by atoms with Crippen LogP contribution in [0.1, 0.15) is 32.6 Å². The van der Waals surface area contributed by atoms with Crippen LogP contribution in [0.5, 0.6) is 0 Å². The van der Waals surface area contributed by atoms with Crippen LogP contribution in [0.15, 0.2) is 47.4 Å². The first-order valence-corrected chi connectivity index (χ1v) is 6.94. The number of rotatable bonds is 6. The van der Waals surface area contributed by atoms with E-state index in [0.29, 0.717) is 0 Å². The molecule has 1 aromatic carbocycles. The van der Waals surface area contributed by atoms with Crippen LogP contribution >= 0.6 is 0 Å². The molecule has 0 atom stereocenters. The normalized spacial score (nSPS) is 10.6. The van der Waals surface area contributed by atoms with Crippen molar-refractivity contribution in [3.63, 3.8) is 0 Å². The molecule has 2 aromatic rings. The Morgan fingerprint density at radius 1 is 1.05 bits per heavy atom. The Bertz CT molecular complexity index is 560. The van der Waals surface area contributed by atoms with Gasteiger partial charge in [0, 0.05) is 18.3 Å². The Labute approximate surface area is 113 Å². The standard InChI is InChI=1S/C16H20N2O/c1-2-3-4-8-12-18-13-11-15(17-16(18)19)14-9-6-5-7-10-14/h5-7,9-11,13H,2-4,8,12H2,1H3. The zero-order valence-corrected chi connectivity index (χ0v) is 11.4. The highest BCUT2D eigenvalue weighted by atomic mass is 16.1. The van der Waals surface area contributed by atoms with Gasteiger partial charge in [-0.15, -0.1) is 0 Å². The van der Waals surface area contributed by atoms with Gasteiger partial charge in [-0.25, -0.2) is 4.79 Å². The first kappa shape index (κ1) is 13.5. The van der Waals surface area contributed by atoms with Crippen molar-refractivity contribution in [1.29, 1.82) is 0 Å². The van der Waals surface area contributed by atoms with Crippen molar-refractivity contribution >= 4 is 0 Å². The summed E-state index contributed by atoms with van der Waals surface area (Å²) in [5.41, 5.74) is 1.57. The lowest BCUT2D eigenvalue weighted by Crippen LogP contribution is -2.22. The predicted molar refractivity (Wildman–Crippen MR) is 78.1 cm³/mol. The van der Waals surface area contributed by atoms with E-state index in [4.69, 9.17) is 0 Å². The van der Waals surface area contributed by atoms with Crippen LogP contribution in [0.25, 0.3) is 11.3 Å². The smallest absolute Gasteiger partial charge is 0.299 e. The third kappa shape index (κ3) is 3.78. The number of hydrogen-bond acceptors (Lipinski definition) is 2. The zero-order chi connectivity index (χ0) is 13.5. The maximum atomic E-state index is 11.9. The number of hydrogen-bond donors (Lipinski definition) is 0. The molecule has 0 N–H and O–H groups in total. The van der Waals surface area contributed by atoms with E-state index >= 15 is 0 Å². The summed E-state index contributed by atoms with van der Waals surface area (Å²) in [6.07, 6.45) is 6.50. The molecule has 0 unspecified atom stereocenters. The number of unbranched alkanes of at least 4 members (excludes halogenated alkanes) is 3. The first-order valence-electron chi connectivity index (χ1n) is 6.94. The highest BCUT2D eigenvalue weighted by Crippen LogP contribution is 2.13. The van der Waals surface area contributed by atoms with Crippen molar-refractivity contribution in [3.05, 3.63) is 53.1 Å². The molecule has 3 heteroatoms. The first-order chi connectivity index (χ1) is 9.31. The summed E-state index contributed by atoms with van der Waals surface area (Å²) in [5, 5.41) is 0. The molecule has 0 aliphatic rings. The van der Waals surface area contributed by atoms with Crippen molar-refractivity contribution in [1.82, 2.24) is 9.55 Å². The predicted octanol–water partition coefficient (Wildman–Crippen LogP) is 3.49. The number of aryl methyl sites for hydroxylation is 1. The monoisotopic (exact) mass is 256 g/mol. The van der Waals surface area contributed by atoms with E-state index in [1.54, 1.807) is 4.57 Å². The summed E-state index contributed by atoms with van der Waals surface area (Å²) < 4.78 is 1.70. The third-order valence-electron chi connectivity index (χ3n) is 3.20.